The highest BCUT2D eigenvalue weighted by atomic mass is 16.5. The summed E-state index contributed by atoms with van der Waals surface area (Å²) in [5.41, 5.74) is 2.15. The molecule has 1 atom stereocenters. The minimum Gasteiger partial charge on any atom is -0.484 e. The van der Waals surface area contributed by atoms with Gasteiger partial charge in [0.15, 0.2) is 6.61 Å². The van der Waals surface area contributed by atoms with E-state index in [4.69, 9.17) is 9.47 Å². The zero-order chi connectivity index (χ0) is 18.2. The Morgan fingerprint density at radius 2 is 1.81 bits per heavy atom. The Morgan fingerprint density at radius 3 is 2.54 bits per heavy atom. The predicted molar refractivity (Wildman–Crippen MR) is 100 cm³/mol. The minimum absolute atomic E-state index is 0.0205. The van der Waals surface area contributed by atoms with Gasteiger partial charge in [0.2, 0.25) is 0 Å². The largest absolute Gasteiger partial charge is 0.484 e. The zero-order valence-corrected chi connectivity index (χ0v) is 15.2. The molecule has 1 heterocycles. The van der Waals surface area contributed by atoms with Crippen LogP contribution < -0.4 is 15.0 Å². The molecule has 0 unspecified atom stereocenters. The third kappa shape index (κ3) is 5.31. The number of nitrogens with one attached hydrogen (secondary N) is 2. The summed E-state index contributed by atoms with van der Waals surface area (Å²) >= 11 is 0. The van der Waals surface area contributed by atoms with Gasteiger partial charge in [-0.2, -0.15) is 0 Å². The third-order valence-corrected chi connectivity index (χ3v) is 4.68. The quantitative estimate of drug-likeness (QED) is 0.783. The lowest BCUT2D eigenvalue weighted by Crippen LogP contribution is -3.14. The van der Waals surface area contributed by atoms with E-state index in [1.807, 2.05) is 49.4 Å². The molecule has 2 N–H and O–H groups in total. The van der Waals surface area contributed by atoms with E-state index in [2.05, 4.69) is 17.4 Å². The molecule has 2 aromatic carbocycles. The number of para-hydroxylation sites is 1. The SMILES string of the molecule is Cc1ccccc1OCC(=O)N[C@H](C[NH+]1CCOCC1)c1ccccc1. The van der Waals surface area contributed by atoms with E-state index in [1.54, 1.807) is 0 Å². The molecule has 26 heavy (non-hydrogen) atoms. The molecule has 138 valence electrons. The van der Waals surface area contributed by atoms with Crippen molar-refractivity contribution in [1.29, 1.82) is 0 Å². The maximum absolute atomic E-state index is 12.5. The normalized spacial score (nSPS) is 16.0. The van der Waals surface area contributed by atoms with Crippen LogP contribution in [0, 0.1) is 6.92 Å². The maximum Gasteiger partial charge on any atom is 0.258 e. The van der Waals surface area contributed by atoms with Gasteiger partial charge in [-0.05, 0) is 24.1 Å². The molecule has 0 radical (unpaired) electrons. The van der Waals surface area contributed by atoms with Gasteiger partial charge < -0.3 is 19.7 Å². The number of carbonyl (C=O) groups is 1. The molecule has 2 aromatic rings. The van der Waals surface area contributed by atoms with Gasteiger partial charge in [0.05, 0.1) is 13.2 Å². The number of ether oxygens (including phenoxy) is 2. The van der Waals surface area contributed by atoms with Crippen molar-refractivity contribution in [2.75, 3.05) is 39.5 Å². The van der Waals surface area contributed by atoms with E-state index in [1.165, 1.54) is 4.90 Å². The van der Waals surface area contributed by atoms with Crippen LogP contribution in [-0.4, -0.2) is 45.4 Å². The van der Waals surface area contributed by atoms with E-state index in [-0.39, 0.29) is 18.6 Å². The van der Waals surface area contributed by atoms with Crippen LogP contribution in [0.5, 0.6) is 5.75 Å². The number of hydrogen-bond acceptors (Lipinski definition) is 3. The molecule has 1 amide bonds. The molecule has 1 aliphatic heterocycles. The molecule has 0 aliphatic carbocycles. The van der Waals surface area contributed by atoms with Crippen LogP contribution >= 0.6 is 0 Å². The molecule has 1 saturated heterocycles. The van der Waals surface area contributed by atoms with Crippen molar-refractivity contribution in [1.82, 2.24) is 5.32 Å². The molecular weight excluding hydrogens is 328 g/mol. The van der Waals surface area contributed by atoms with Crippen molar-refractivity contribution < 1.29 is 19.2 Å². The Morgan fingerprint density at radius 1 is 1.12 bits per heavy atom. The van der Waals surface area contributed by atoms with Crippen LogP contribution in [-0.2, 0) is 9.53 Å². The average molecular weight is 355 g/mol. The number of hydrogen-bond donors (Lipinski definition) is 2. The fourth-order valence-corrected chi connectivity index (χ4v) is 3.19. The first-order chi connectivity index (χ1) is 12.7. The molecule has 1 aliphatic rings. The summed E-state index contributed by atoms with van der Waals surface area (Å²) in [5.74, 6) is 0.646. The number of aryl methyl sites for hydroxylation is 1. The first-order valence-corrected chi connectivity index (χ1v) is 9.16. The smallest absolute Gasteiger partial charge is 0.258 e. The summed E-state index contributed by atoms with van der Waals surface area (Å²) in [6.07, 6.45) is 0. The number of amides is 1. The standard InChI is InChI=1S/C21H26N2O3/c1-17-7-5-6-10-20(17)26-16-21(24)22-19(18-8-3-2-4-9-18)15-23-11-13-25-14-12-23/h2-10,19H,11-16H2,1H3,(H,22,24)/p+1/t19-/m1/s1. The first kappa shape index (κ1) is 18.4. The van der Waals surface area contributed by atoms with Gasteiger partial charge in [0.1, 0.15) is 31.4 Å². The maximum atomic E-state index is 12.5. The van der Waals surface area contributed by atoms with Crippen molar-refractivity contribution in [2.45, 2.75) is 13.0 Å². The van der Waals surface area contributed by atoms with E-state index in [9.17, 15) is 4.79 Å². The van der Waals surface area contributed by atoms with Gasteiger partial charge >= 0.3 is 0 Å². The number of carbonyl (C=O) groups excluding carboxylic acids is 1. The van der Waals surface area contributed by atoms with Gasteiger partial charge in [-0.1, -0.05) is 48.5 Å². The lowest BCUT2D eigenvalue weighted by molar-refractivity contribution is -0.909. The molecule has 0 aromatic heterocycles. The van der Waals surface area contributed by atoms with Gasteiger partial charge in [0, 0.05) is 0 Å². The van der Waals surface area contributed by atoms with Crippen LogP contribution in [0.2, 0.25) is 0 Å². The van der Waals surface area contributed by atoms with Crippen LogP contribution in [0.25, 0.3) is 0 Å². The van der Waals surface area contributed by atoms with Gasteiger partial charge in [0.25, 0.3) is 5.91 Å². The Balaban J connectivity index is 1.61. The van der Waals surface area contributed by atoms with Crippen molar-refractivity contribution in [3.05, 3.63) is 65.7 Å². The van der Waals surface area contributed by atoms with Crippen LogP contribution in [0.1, 0.15) is 17.2 Å². The molecule has 0 bridgehead atoms. The highest BCUT2D eigenvalue weighted by molar-refractivity contribution is 5.78. The summed E-state index contributed by atoms with van der Waals surface area (Å²) in [7, 11) is 0. The molecule has 1 fully saturated rings. The average Bonchev–Trinajstić information content (AvgIpc) is 2.68. The lowest BCUT2D eigenvalue weighted by Gasteiger charge is -2.28. The fraction of sp³-hybridized carbons (Fsp3) is 0.381. The van der Waals surface area contributed by atoms with Crippen LogP contribution in [0.15, 0.2) is 54.6 Å². The predicted octanol–water partition coefficient (Wildman–Crippen LogP) is 1.15. The second kappa shape index (κ2) is 9.36. The molecule has 3 rings (SSSR count). The van der Waals surface area contributed by atoms with Gasteiger partial charge in [-0.15, -0.1) is 0 Å². The van der Waals surface area contributed by atoms with Crippen molar-refractivity contribution >= 4 is 5.91 Å². The van der Waals surface area contributed by atoms with Crippen LogP contribution in [0.4, 0.5) is 0 Å². The number of morpholine rings is 1. The number of benzene rings is 2. The zero-order valence-electron chi connectivity index (χ0n) is 15.2. The van der Waals surface area contributed by atoms with Crippen molar-refractivity contribution in [3.8, 4) is 5.75 Å². The number of quaternary nitrogens is 1. The molecule has 5 heteroatoms. The second-order valence-corrected chi connectivity index (χ2v) is 6.65. The van der Waals surface area contributed by atoms with E-state index < -0.39 is 0 Å². The Bertz CT molecular complexity index is 699. The second-order valence-electron chi connectivity index (χ2n) is 6.65. The summed E-state index contributed by atoms with van der Waals surface area (Å²) in [6.45, 7) is 6.35. The molecule has 5 nitrogen and oxygen atoms in total. The van der Waals surface area contributed by atoms with Gasteiger partial charge in [-0.3, -0.25) is 4.79 Å². The molecule has 0 spiro atoms. The third-order valence-electron chi connectivity index (χ3n) is 4.68. The summed E-state index contributed by atoms with van der Waals surface area (Å²) in [6, 6.07) is 17.8. The highest BCUT2D eigenvalue weighted by Gasteiger charge is 2.23. The van der Waals surface area contributed by atoms with E-state index in [0.717, 1.165) is 49.7 Å². The summed E-state index contributed by atoms with van der Waals surface area (Å²) in [5, 5.41) is 3.14. The lowest BCUT2D eigenvalue weighted by atomic mass is 10.1. The first-order valence-electron chi connectivity index (χ1n) is 9.16. The van der Waals surface area contributed by atoms with Crippen molar-refractivity contribution in [3.63, 3.8) is 0 Å². The fourth-order valence-electron chi connectivity index (χ4n) is 3.19. The van der Waals surface area contributed by atoms with E-state index >= 15 is 0 Å². The Labute approximate surface area is 154 Å². The topological polar surface area (TPSA) is 52.0 Å². The molecule has 0 saturated carbocycles. The van der Waals surface area contributed by atoms with E-state index in [0.29, 0.717) is 0 Å². The Kier molecular flexibility index (Phi) is 6.63. The molecular formula is C21H27N2O3+. The van der Waals surface area contributed by atoms with Crippen LogP contribution in [0.3, 0.4) is 0 Å². The van der Waals surface area contributed by atoms with Gasteiger partial charge in [-0.25, -0.2) is 0 Å². The van der Waals surface area contributed by atoms with Crippen molar-refractivity contribution in [2.24, 2.45) is 0 Å². The minimum atomic E-state index is -0.102. The Hall–Kier alpha value is -2.37. The monoisotopic (exact) mass is 355 g/mol. The number of rotatable bonds is 7. The summed E-state index contributed by atoms with van der Waals surface area (Å²) < 4.78 is 11.1. The highest BCUT2D eigenvalue weighted by Crippen LogP contribution is 2.16. The summed E-state index contributed by atoms with van der Waals surface area (Å²) in [4.78, 5) is 13.9.